The van der Waals surface area contributed by atoms with Crippen LogP contribution in [0.1, 0.15) is 41.0 Å². The number of ether oxygens (including phenoxy) is 1. The summed E-state index contributed by atoms with van der Waals surface area (Å²) in [5.41, 5.74) is 0. The molecule has 2 aliphatic rings. The van der Waals surface area contributed by atoms with Gasteiger partial charge in [0.05, 0.1) is 11.6 Å². The Balaban J connectivity index is 1.71. The van der Waals surface area contributed by atoms with Gasteiger partial charge in [0.15, 0.2) is 0 Å². The van der Waals surface area contributed by atoms with Crippen molar-refractivity contribution in [2.24, 2.45) is 0 Å². The molecule has 4 heteroatoms. The van der Waals surface area contributed by atoms with Gasteiger partial charge in [0.1, 0.15) is 0 Å². The summed E-state index contributed by atoms with van der Waals surface area (Å²) in [5.74, 6) is 1.26. The van der Waals surface area contributed by atoms with Crippen LogP contribution in [0.5, 0.6) is 0 Å². The van der Waals surface area contributed by atoms with Gasteiger partial charge in [-0.2, -0.15) is 0 Å². The van der Waals surface area contributed by atoms with Crippen LogP contribution in [0.15, 0.2) is 6.20 Å². The Morgan fingerprint density at radius 3 is 3.12 bits per heavy atom. The maximum absolute atomic E-state index is 5.54. The third kappa shape index (κ3) is 2.14. The summed E-state index contributed by atoms with van der Waals surface area (Å²) in [4.78, 5) is 6.03. The van der Waals surface area contributed by atoms with Crippen molar-refractivity contribution in [2.75, 3.05) is 26.3 Å². The molecule has 88 valence electrons. The molecule has 0 saturated carbocycles. The lowest BCUT2D eigenvalue weighted by atomic mass is 10.0. The van der Waals surface area contributed by atoms with Gasteiger partial charge in [-0.3, -0.25) is 0 Å². The van der Waals surface area contributed by atoms with Crippen molar-refractivity contribution < 1.29 is 4.74 Å². The number of thiazole rings is 1. The zero-order valence-electron chi connectivity index (χ0n) is 9.45. The molecule has 1 aromatic heterocycles. The molecule has 0 spiro atoms. The highest BCUT2D eigenvalue weighted by Gasteiger charge is 2.23. The Morgan fingerprint density at radius 1 is 1.38 bits per heavy atom. The maximum atomic E-state index is 5.54. The Kier molecular flexibility index (Phi) is 3.22. The molecule has 16 heavy (non-hydrogen) atoms. The zero-order chi connectivity index (χ0) is 10.8. The van der Waals surface area contributed by atoms with Gasteiger partial charge in [-0.05, 0) is 25.8 Å². The molecule has 0 amide bonds. The largest absolute Gasteiger partial charge is 0.381 e. The molecule has 3 nitrogen and oxygen atoms in total. The topological polar surface area (TPSA) is 34.2 Å². The van der Waals surface area contributed by atoms with Crippen molar-refractivity contribution in [2.45, 2.75) is 31.1 Å². The lowest BCUT2D eigenvalue weighted by Crippen LogP contribution is -2.14. The molecule has 0 aliphatic carbocycles. The summed E-state index contributed by atoms with van der Waals surface area (Å²) in [7, 11) is 0. The highest BCUT2D eigenvalue weighted by molar-refractivity contribution is 7.11. The van der Waals surface area contributed by atoms with E-state index < -0.39 is 0 Å². The van der Waals surface area contributed by atoms with E-state index in [1.165, 1.54) is 29.1 Å². The van der Waals surface area contributed by atoms with E-state index in [1.807, 2.05) is 11.3 Å². The van der Waals surface area contributed by atoms with Crippen LogP contribution in [0.25, 0.3) is 0 Å². The number of nitrogens with one attached hydrogen (secondary N) is 1. The van der Waals surface area contributed by atoms with Gasteiger partial charge < -0.3 is 10.1 Å². The summed E-state index contributed by atoms with van der Waals surface area (Å²) in [6.07, 6.45) is 5.79. The third-order valence-corrected chi connectivity index (χ3v) is 4.84. The first kappa shape index (κ1) is 10.7. The van der Waals surface area contributed by atoms with Crippen LogP contribution >= 0.6 is 11.3 Å². The molecule has 3 heterocycles. The Hall–Kier alpha value is -0.450. The first-order valence-corrected chi connectivity index (χ1v) is 6.99. The van der Waals surface area contributed by atoms with E-state index in [9.17, 15) is 0 Å². The van der Waals surface area contributed by atoms with E-state index in [4.69, 9.17) is 4.74 Å². The minimum Gasteiger partial charge on any atom is -0.381 e. The summed E-state index contributed by atoms with van der Waals surface area (Å²) in [6.45, 7) is 4.08. The maximum Gasteiger partial charge on any atom is 0.0971 e. The predicted molar refractivity (Wildman–Crippen MR) is 65.1 cm³/mol. The average molecular weight is 238 g/mol. The minimum absolute atomic E-state index is 0.606. The van der Waals surface area contributed by atoms with E-state index >= 15 is 0 Å². The molecule has 3 rings (SSSR count). The molecule has 2 fully saturated rings. The predicted octanol–water partition coefficient (Wildman–Crippen LogP) is 2.11. The van der Waals surface area contributed by atoms with Crippen LogP contribution < -0.4 is 5.32 Å². The molecule has 2 atom stereocenters. The molecule has 2 unspecified atom stereocenters. The standard InChI is InChI=1S/C12H18N2OS/c1-2-10(8-15-5-1)11-7-14-12(16-11)9-3-4-13-6-9/h7,9-10,13H,1-6,8H2. The van der Waals surface area contributed by atoms with Gasteiger partial charge in [0, 0.05) is 36.1 Å². The molecule has 0 aromatic carbocycles. The summed E-state index contributed by atoms with van der Waals surface area (Å²) >= 11 is 1.91. The second-order valence-corrected chi connectivity index (χ2v) is 5.80. The molecule has 1 aromatic rings. The summed E-state index contributed by atoms with van der Waals surface area (Å²) in [6, 6.07) is 0. The Labute approximate surface area is 100 Å². The highest BCUT2D eigenvalue weighted by atomic mass is 32.1. The van der Waals surface area contributed by atoms with Crippen molar-refractivity contribution >= 4 is 11.3 Å². The lowest BCUT2D eigenvalue weighted by Gasteiger charge is -2.20. The van der Waals surface area contributed by atoms with Gasteiger partial charge in [0.2, 0.25) is 0 Å². The van der Waals surface area contributed by atoms with Crippen LogP contribution in [-0.4, -0.2) is 31.3 Å². The van der Waals surface area contributed by atoms with Crippen molar-refractivity contribution in [1.29, 1.82) is 0 Å². The first-order valence-electron chi connectivity index (χ1n) is 6.17. The monoisotopic (exact) mass is 238 g/mol. The minimum atomic E-state index is 0.606. The van der Waals surface area contributed by atoms with E-state index in [1.54, 1.807) is 0 Å². The van der Waals surface area contributed by atoms with E-state index in [0.717, 1.165) is 26.3 Å². The summed E-state index contributed by atoms with van der Waals surface area (Å²) in [5, 5.41) is 4.73. The number of rotatable bonds is 2. The van der Waals surface area contributed by atoms with Crippen molar-refractivity contribution in [3.63, 3.8) is 0 Å². The smallest absolute Gasteiger partial charge is 0.0971 e. The van der Waals surface area contributed by atoms with Crippen molar-refractivity contribution in [1.82, 2.24) is 10.3 Å². The third-order valence-electron chi connectivity index (χ3n) is 3.51. The molecule has 2 saturated heterocycles. The van der Waals surface area contributed by atoms with Gasteiger partial charge >= 0.3 is 0 Å². The normalized spacial score (nSPS) is 30.8. The zero-order valence-corrected chi connectivity index (χ0v) is 10.3. The van der Waals surface area contributed by atoms with Crippen LogP contribution in [0, 0.1) is 0 Å². The second kappa shape index (κ2) is 4.82. The van der Waals surface area contributed by atoms with Gasteiger partial charge in [-0.25, -0.2) is 4.98 Å². The van der Waals surface area contributed by atoms with Gasteiger partial charge in [-0.15, -0.1) is 11.3 Å². The van der Waals surface area contributed by atoms with Crippen LogP contribution in [0.3, 0.4) is 0 Å². The van der Waals surface area contributed by atoms with Crippen molar-refractivity contribution in [3.8, 4) is 0 Å². The average Bonchev–Trinajstić information content (AvgIpc) is 3.01. The Bertz CT molecular complexity index is 341. The SMILES string of the molecule is c1nc(C2CCNC2)sc1C1CCCOC1. The fourth-order valence-electron chi connectivity index (χ4n) is 2.51. The first-order chi connectivity index (χ1) is 7.93. The molecular formula is C12H18N2OS. The second-order valence-electron chi connectivity index (χ2n) is 4.70. The number of hydrogen-bond donors (Lipinski definition) is 1. The fraction of sp³-hybridized carbons (Fsp3) is 0.750. The van der Waals surface area contributed by atoms with Gasteiger partial charge in [0.25, 0.3) is 0 Å². The summed E-state index contributed by atoms with van der Waals surface area (Å²) < 4.78 is 5.54. The van der Waals surface area contributed by atoms with Crippen LogP contribution in [0.2, 0.25) is 0 Å². The fourth-order valence-corrected chi connectivity index (χ4v) is 3.68. The van der Waals surface area contributed by atoms with Crippen LogP contribution in [-0.2, 0) is 4.74 Å². The number of nitrogens with zero attached hydrogens (tertiary/aromatic N) is 1. The highest BCUT2D eigenvalue weighted by Crippen LogP contribution is 2.33. The molecule has 1 N–H and O–H groups in total. The van der Waals surface area contributed by atoms with Crippen LogP contribution in [0.4, 0.5) is 0 Å². The molecule has 0 radical (unpaired) electrons. The number of hydrogen-bond acceptors (Lipinski definition) is 4. The lowest BCUT2D eigenvalue weighted by molar-refractivity contribution is 0.0813. The van der Waals surface area contributed by atoms with E-state index in [-0.39, 0.29) is 0 Å². The van der Waals surface area contributed by atoms with Gasteiger partial charge in [-0.1, -0.05) is 0 Å². The Morgan fingerprint density at radius 2 is 2.38 bits per heavy atom. The van der Waals surface area contributed by atoms with E-state index in [0.29, 0.717) is 11.8 Å². The quantitative estimate of drug-likeness (QED) is 0.857. The molecular weight excluding hydrogens is 220 g/mol. The molecule has 2 aliphatic heterocycles. The van der Waals surface area contributed by atoms with E-state index in [2.05, 4.69) is 16.5 Å². The molecule has 0 bridgehead atoms. The van der Waals surface area contributed by atoms with Crippen molar-refractivity contribution in [3.05, 3.63) is 16.1 Å². The number of aromatic nitrogens is 1.